The molecule has 3 amide bonds. The molecule has 0 saturated carbocycles. The van der Waals surface area contributed by atoms with Crippen molar-refractivity contribution in [3.8, 4) is 0 Å². The smallest absolute Gasteiger partial charge is 0.418 e. The first kappa shape index (κ1) is 17.4. The van der Waals surface area contributed by atoms with Crippen molar-refractivity contribution in [3.05, 3.63) is 39.9 Å². The Morgan fingerprint density at radius 3 is 2.23 bits per heavy atom. The van der Waals surface area contributed by atoms with Gasteiger partial charge in [-0.05, 0) is 32.8 Å². The minimum atomic E-state index is -0.906. The van der Waals surface area contributed by atoms with Gasteiger partial charge in [0.15, 0.2) is 0 Å². The average molecular weight is 309 g/mol. The van der Waals surface area contributed by atoms with Gasteiger partial charge in [-0.25, -0.2) is 14.5 Å². The fourth-order valence-electron chi connectivity index (χ4n) is 1.63. The molecule has 1 aromatic rings. The van der Waals surface area contributed by atoms with Gasteiger partial charge in [0.05, 0.1) is 4.92 Å². The zero-order valence-electron chi connectivity index (χ0n) is 12.7. The molecule has 22 heavy (non-hydrogen) atoms. The molecular formula is C14H19N3O5. The Balaban J connectivity index is 2.70. The van der Waals surface area contributed by atoms with E-state index in [1.807, 2.05) is 0 Å². The fraction of sp³-hybridized carbons (Fsp3) is 0.429. The number of nitro groups is 1. The van der Waals surface area contributed by atoms with E-state index in [2.05, 4.69) is 0 Å². The number of carbonyl (C=O) groups is 2. The number of hydrogen-bond donors (Lipinski definition) is 1. The summed E-state index contributed by atoms with van der Waals surface area (Å²) in [4.78, 5) is 34.1. The summed E-state index contributed by atoms with van der Waals surface area (Å²) >= 11 is 0. The molecule has 0 fully saturated rings. The van der Waals surface area contributed by atoms with Gasteiger partial charge in [-0.3, -0.25) is 10.1 Å². The third-order valence-corrected chi connectivity index (χ3v) is 2.65. The van der Waals surface area contributed by atoms with Crippen LogP contribution < -0.4 is 5.73 Å². The van der Waals surface area contributed by atoms with Crippen LogP contribution in [0.4, 0.5) is 15.3 Å². The second-order valence-electron chi connectivity index (χ2n) is 5.64. The first-order valence-electron chi connectivity index (χ1n) is 6.63. The summed E-state index contributed by atoms with van der Waals surface area (Å²) in [7, 11) is 0. The van der Waals surface area contributed by atoms with Crippen molar-refractivity contribution in [2.45, 2.75) is 32.8 Å². The molecular weight excluding hydrogens is 290 g/mol. The van der Waals surface area contributed by atoms with Crippen LogP contribution in [0.2, 0.25) is 0 Å². The topological polar surface area (TPSA) is 116 Å². The van der Waals surface area contributed by atoms with E-state index in [0.29, 0.717) is 6.42 Å². The SMILES string of the molecule is CC(C)(C)OC(=O)N(CCc1ccc([N+](=O)[O-])cc1)C(N)=O. The summed E-state index contributed by atoms with van der Waals surface area (Å²) in [5.41, 5.74) is 5.15. The molecule has 0 aromatic heterocycles. The average Bonchev–Trinajstić information content (AvgIpc) is 2.36. The molecule has 0 unspecified atom stereocenters. The summed E-state index contributed by atoms with van der Waals surface area (Å²) in [5, 5.41) is 10.6. The number of ether oxygens (including phenoxy) is 1. The number of nitrogens with zero attached hydrogens (tertiary/aromatic N) is 2. The number of primary amides is 1. The quantitative estimate of drug-likeness (QED) is 0.677. The first-order valence-corrected chi connectivity index (χ1v) is 6.63. The highest BCUT2D eigenvalue weighted by atomic mass is 16.6. The Labute approximate surface area is 128 Å². The predicted octanol–water partition coefficient (Wildman–Crippen LogP) is 2.45. The van der Waals surface area contributed by atoms with Gasteiger partial charge in [0, 0.05) is 18.7 Å². The fourth-order valence-corrected chi connectivity index (χ4v) is 1.63. The zero-order chi connectivity index (χ0) is 16.9. The highest BCUT2D eigenvalue weighted by Gasteiger charge is 2.25. The molecule has 0 saturated heterocycles. The lowest BCUT2D eigenvalue weighted by Crippen LogP contribution is -2.44. The maximum Gasteiger partial charge on any atom is 0.418 e. The summed E-state index contributed by atoms with van der Waals surface area (Å²) < 4.78 is 5.10. The summed E-state index contributed by atoms with van der Waals surface area (Å²) in [6, 6.07) is 4.93. The van der Waals surface area contributed by atoms with Crippen molar-refractivity contribution in [2.24, 2.45) is 5.73 Å². The van der Waals surface area contributed by atoms with Gasteiger partial charge in [-0.2, -0.15) is 0 Å². The number of non-ortho nitro benzene ring substituents is 1. The van der Waals surface area contributed by atoms with Crippen LogP contribution in [-0.2, 0) is 11.2 Å². The van der Waals surface area contributed by atoms with Gasteiger partial charge < -0.3 is 10.5 Å². The standard InChI is InChI=1S/C14H19N3O5/c1-14(2,3)22-13(19)16(12(15)18)9-8-10-4-6-11(7-5-10)17(20)21/h4-7H,8-9H2,1-3H3,(H2,15,18). The van der Waals surface area contributed by atoms with E-state index in [4.69, 9.17) is 10.5 Å². The van der Waals surface area contributed by atoms with Gasteiger partial charge in [-0.1, -0.05) is 12.1 Å². The van der Waals surface area contributed by atoms with Gasteiger partial charge >= 0.3 is 12.1 Å². The molecule has 0 aliphatic rings. The summed E-state index contributed by atoms with van der Waals surface area (Å²) in [6.45, 7) is 5.07. The molecule has 120 valence electrons. The number of hydrogen-bond acceptors (Lipinski definition) is 5. The minimum Gasteiger partial charge on any atom is -0.443 e. The van der Waals surface area contributed by atoms with Gasteiger partial charge in [0.2, 0.25) is 0 Å². The van der Waals surface area contributed by atoms with Crippen molar-refractivity contribution in [3.63, 3.8) is 0 Å². The second-order valence-corrected chi connectivity index (χ2v) is 5.64. The van der Waals surface area contributed by atoms with E-state index in [0.717, 1.165) is 10.5 Å². The zero-order valence-corrected chi connectivity index (χ0v) is 12.7. The molecule has 0 aliphatic carbocycles. The van der Waals surface area contributed by atoms with E-state index in [1.165, 1.54) is 12.1 Å². The lowest BCUT2D eigenvalue weighted by atomic mass is 10.1. The van der Waals surface area contributed by atoms with E-state index in [1.54, 1.807) is 32.9 Å². The van der Waals surface area contributed by atoms with Crippen molar-refractivity contribution in [1.29, 1.82) is 0 Å². The van der Waals surface area contributed by atoms with Crippen molar-refractivity contribution in [2.75, 3.05) is 6.54 Å². The molecule has 0 bridgehead atoms. The van der Waals surface area contributed by atoms with E-state index >= 15 is 0 Å². The maximum atomic E-state index is 11.9. The lowest BCUT2D eigenvalue weighted by molar-refractivity contribution is -0.384. The number of imide groups is 1. The molecule has 0 aliphatic heterocycles. The highest BCUT2D eigenvalue weighted by molar-refractivity contribution is 5.90. The van der Waals surface area contributed by atoms with Gasteiger partial charge in [0.1, 0.15) is 5.60 Å². The van der Waals surface area contributed by atoms with Crippen molar-refractivity contribution >= 4 is 17.8 Å². The van der Waals surface area contributed by atoms with E-state index in [-0.39, 0.29) is 12.2 Å². The Kier molecular flexibility index (Phi) is 5.44. The number of benzene rings is 1. The molecule has 1 aromatic carbocycles. The lowest BCUT2D eigenvalue weighted by Gasteiger charge is -2.25. The molecule has 0 atom stereocenters. The van der Waals surface area contributed by atoms with Gasteiger partial charge in [0.25, 0.3) is 5.69 Å². The maximum absolute atomic E-state index is 11.9. The molecule has 2 N–H and O–H groups in total. The first-order chi connectivity index (χ1) is 10.1. The third kappa shape index (κ3) is 5.39. The second kappa shape index (κ2) is 6.88. The van der Waals surface area contributed by atoms with Crippen molar-refractivity contribution < 1.29 is 19.2 Å². The van der Waals surface area contributed by atoms with E-state index in [9.17, 15) is 19.7 Å². The number of nitrogens with two attached hydrogens (primary N) is 1. The minimum absolute atomic E-state index is 0.0253. The van der Waals surface area contributed by atoms with Crippen LogP contribution in [0.1, 0.15) is 26.3 Å². The van der Waals surface area contributed by atoms with Crippen LogP contribution in [-0.4, -0.2) is 34.1 Å². The summed E-state index contributed by atoms with van der Waals surface area (Å²) in [6.07, 6.45) is -0.498. The third-order valence-electron chi connectivity index (χ3n) is 2.65. The molecule has 0 spiro atoms. The Morgan fingerprint density at radius 2 is 1.82 bits per heavy atom. The Morgan fingerprint density at radius 1 is 1.27 bits per heavy atom. The summed E-state index contributed by atoms with van der Waals surface area (Å²) in [5.74, 6) is 0. The van der Waals surface area contributed by atoms with Crippen molar-refractivity contribution in [1.82, 2.24) is 4.90 Å². The largest absolute Gasteiger partial charge is 0.443 e. The Hall–Kier alpha value is -2.64. The van der Waals surface area contributed by atoms with E-state index < -0.39 is 22.6 Å². The number of carbonyl (C=O) groups excluding carboxylic acids is 2. The molecule has 8 nitrogen and oxygen atoms in total. The number of nitro benzene ring substituents is 1. The number of urea groups is 1. The predicted molar refractivity (Wildman–Crippen MR) is 79.3 cm³/mol. The van der Waals surface area contributed by atoms with Crippen LogP contribution in [0.5, 0.6) is 0 Å². The van der Waals surface area contributed by atoms with Crippen LogP contribution >= 0.6 is 0 Å². The number of rotatable bonds is 4. The molecule has 1 rings (SSSR count). The monoisotopic (exact) mass is 309 g/mol. The van der Waals surface area contributed by atoms with Crippen LogP contribution in [0.25, 0.3) is 0 Å². The molecule has 0 heterocycles. The van der Waals surface area contributed by atoms with Crippen LogP contribution in [0, 0.1) is 10.1 Å². The molecule has 0 radical (unpaired) electrons. The highest BCUT2D eigenvalue weighted by Crippen LogP contribution is 2.14. The van der Waals surface area contributed by atoms with Gasteiger partial charge in [-0.15, -0.1) is 0 Å². The van der Waals surface area contributed by atoms with Crippen LogP contribution in [0.3, 0.4) is 0 Å². The number of amides is 3. The van der Waals surface area contributed by atoms with Crippen LogP contribution in [0.15, 0.2) is 24.3 Å². The Bertz CT molecular complexity index is 563. The molecule has 8 heteroatoms. The normalized spacial score (nSPS) is 10.9.